The van der Waals surface area contributed by atoms with Crippen LogP contribution in [0.2, 0.25) is 0 Å². The molecule has 1 saturated heterocycles. The van der Waals surface area contributed by atoms with Crippen LogP contribution < -0.4 is 4.90 Å². The molecule has 0 radical (unpaired) electrons. The number of nitrogens with zero attached hydrogens (tertiary/aromatic N) is 1. The van der Waals surface area contributed by atoms with Crippen molar-refractivity contribution in [2.24, 2.45) is 5.92 Å². The van der Waals surface area contributed by atoms with E-state index in [1.165, 1.54) is 18.5 Å². The first-order chi connectivity index (χ1) is 8.63. The molecule has 2 heteroatoms. The van der Waals surface area contributed by atoms with Gasteiger partial charge in [-0.3, -0.25) is 0 Å². The Labute approximate surface area is 111 Å². The van der Waals surface area contributed by atoms with Crippen molar-refractivity contribution >= 4 is 5.69 Å². The second kappa shape index (κ2) is 5.75. The van der Waals surface area contributed by atoms with Gasteiger partial charge in [-0.25, -0.2) is 0 Å². The number of hydrogen-bond acceptors (Lipinski definition) is 2. The van der Waals surface area contributed by atoms with Gasteiger partial charge >= 0.3 is 0 Å². The Hall–Kier alpha value is -1.02. The third-order valence-electron chi connectivity index (χ3n) is 4.13. The number of rotatable bonds is 3. The fourth-order valence-electron chi connectivity index (χ4n) is 3.02. The molecule has 100 valence electrons. The topological polar surface area (TPSA) is 23.5 Å². The summed E-state index contributed by atoms with van der Waals surface area (Å²) >= 11 is 0. The van der Waals surface area contributed by atoms with E-state index in [1.54, 1.807) is 0 Å². The van der Waals surface area contributed by atoms with Crippen molar-refractivity contribution in [3.8, 4) is 0 Å². The average Bonchev–Trinajstić information content (AvgIpc) is 2.38. The Balaban J connectivity index is 2.27. The largest absolute Gasteiger partial charge is 0.388 e. The third kappa shape index (κ3) is 2.69. The lowest BCUT2D eigenvalue weighted by atomic mass is 9.92. The maximum absolute atomic E-state index is 10.2. The minimum atomic E-state index is -0.340. The van der Waals surface area contributed by atoms with Gasteiger partial charge in [0.05, 0.1) is 6.10 Å². The number of para-hydroxylation sites is 1. The van der Waals surface area contributed by atoms with Crippen LogP contribution >= 0.6 is 0 Å². The van der Waals surface area contributed by atoms with Crippen molar-refractivity contribution in [3.63, 3.8) is 0 Å². The van der Waals surface area contributed by atoms with Crippen molar-refractivity contribution in [1.82, 2.24) is 0 Å². The van der Waals surface area contributed by atoms with E-state index in [0.717, 1.165) is 24.4 Å². The number of aliphatic hydroxyl groups excluding tert-OH is 1. The molecule has 0 aliphatic carbocycles. The predicted octanol–water partition coefficient (Wildman–Crippen LogP) is 3.75. The summed E-state index contributed by atoms with van der Waals surface area (Å²) in [5.74, 6) is 0.819. The van der Waals surface area contributed by atoms with Crippen LogP contribution in [0.25, 0.3) is 0 Å². The van der Waals surface area contributed by atoms with Crippen LogP contribution in [0.15, 0.2) is 24.3 Å². The summed E-state index contributed by atoms with van der Waals surface area (Å²) in [5, 5.41) is 10.2. The lowest BCUT2D eigenvalue weighted by molar-refractivity contribution is 0.173. The van der Waals surface area contributed by atoms with Gasteiger partial charge in [-0.2, -0.15) is 0 Å². The molecule has 0 amide bonds. The molecule has 2 nitrogen and oxygen atoms in total. The first-order valence-corrected chi connectivity index (χ1v) is 7.17. The van der Waals surface area contributed by atoms with Crippen molar-refractivity contribution in [2.45, 2.75) is 52.2 Å². The lowest BCUT2D eigenvalue weighted by Gasteiger charge is -2.39. The van der Waals surface area contributed by atoms with Crippen LogP contribution in [-0.2, 0) is 0 Å². The molecule has 1 aromatic rings. The quantitative estimate of drug-likeness (QED) is 0.879. The molecule has 0 saturated carbocycles. The van der Waals surface area contributed by atoms with Gasteiger partial charge in [-0.1, -0.05) is 32.0 Å². The third-order valence-corrected chi connectivity index (χ3v) is 4.13. The van der Waals surface area contributed by atoms with E-state index in [-0.39, 0.29) is 6.10 Å². The van der Waals surface area contributed by atoms with Crippen LogP contribution in [0, 0.1) is 5.92 Å². The second-order valence-electron chi connectivity index (χ2n) is 5.65. The summed E-state index contributed by atoms with van der Waals surface area (Å²) in [6.45, 7) is 7.77. The van der Waals surface area contributed by atoms with Crippen LogP contribution in [0.5, 0.6) is 0 Å². The zero-order valence-electron chi connectivity index (χ0n) is 11.8. The smallest absolute Gasteiger partial charge is 0.0807 e. The molecule has 1 fully saturated rings. The molecule has 18 heavy (non-hydrogen) atoms. The Kier molecular flexibility index (Phi) is 4.28. The Bertz CT molecular complexity index is 390. The number of aliphatic hydroxyl groups is 1. The van der Waals surface area contributed by atoms with E-state index < -0.39 is 0 Å². The molecule has 1 aliphatic rings. The molecular weight excluding hydrogens is 222 g/mol. The summed E-state index contributed by atoms with van der Waals surface area (Å²) in [7, 11) is 0. The van der Waals surface area contributed by atoms with Gasteiger partial charge in [-0.05, 0) is 38.2 Å². The first-order valence-electron chi connectivity index (χ1n) is 7.17. The molecule has 1 N–H and O–H groups in total. The average molecular weight is 247 g/mol. The van der Waals surface area contributed by atoms with Gasteiger partial charge in [0.2, 0.25) is 0 Å². The molecular formula is C16H25NO. The first kappa shape index (κ1) is 13.4. The minimum absolute atomic E-state index is 0.340. The maximum Gasteiger partial charge on any atom is 0.0807 e. The van der Waals surface area contributed by atoms with Gasteiger partial charge in [-0.15, -0.1) is 0 Å². The van der Waals surface area contributed by atoms with E-state index in [4.69, 9.17) is 0 Å². The Morgan fingerprint density at radius 1 is 1.33 bits per heavy atom. The summed E-state index contributed by atoms with van der Waals surface area (Å²) in [5.41, 5.74) is 2.31. The van der Waals surface area contributed by atoms with Gasteiger partial charge < -0.3 is 10.0 Å². The fraction of sp³-hybridized carbons (Fsp3) is 0.625. The minimum Gasteiger partial charge on any atom is -0.388 e. The maximum atomic E-state index is 10.2. The molecule has 2 rings (SSSR count). The predicted molar refractivity (Wildman–Crippen MR) is 76.9 cm³/mol. The molecule has 2 unspecified atom stereocenters. The Morgan fingerprint density at radius 2 is 2.06 bits per heavy atom. The number of hydrogen-bond donors (Lipinski definition) is 1. The molecule has 1 heterocycles. The Morgan fingerprint density at radius 3 is 2.72 bits per heavy atom. The van der Waals surface area contributed by atoms with Crippen molar-refractivity contribution < 1.29 is 5.11 Å². The van der Waals surface area contributed by atoms with Gasteiger partial charge in [0.15, 0.2) is 0 Å². The van der Waals surface area contributed by atoms with Gasteiger partial charge in [0.1, 0.15) is 0 Å². The molecule has 1 aromatic carbocycles. The fourth-order valence-corrected chi connectivity index (χ4v) is 3.02. The zero-order valence-corrected chi connectivity index (χ0v) is 11.8. The molecule has 0 aromatic heterocycles. The monoisotopic (exact) mass is 247 g/mol. The van der Waals surface area contributed by atoms with Crippen molar-refractivity contribution in [1.29, 1.82) is 0 Å². The highest BCUT2D eigenvalue weighted by Crippen LogP contribution is 2.33. The summed E-state index contributed by atoms with van der Waals surface area (Å²) in [6, 6.07) is 8.88. The van der Waals surface area contributed by atoms with Crippen LogP contribution in [-0.4, -0.2) is 17.7 Å². The van der Waals surface area contributed by atoms with E-state index in [0.29, 0.717) is 6.04 Å². The van der Waals surface area contributed by atoms with Crippen molar-refractivity contribution in [3.05, 3.63) is 29.8 Å². The summed E-state index contributed by atoms with van der Waals surface area (Å²) in [6.07, 6.45) is 2.93. The summed E-state index contributed by atoms with van der Waals surface area (Å²) < 4.78 is 0. The van der Waals surface area contributed by atoms with Gasteiger partial charge in [0, 0.05) is 23.8 Å². The number of piperidine rings is 1. The summed E-state index contributed by atoms with van der Waals surface area (Å²) in [4.78, 5) is 2.47. The van der Waals surface area contributed by atoms with Crippen molar-refractivity contribution in [2.75, 3.05) is 11.4 Å². The van der Waals surface area contributed by atoms with Gasteiger partial charge in [0.25, 0.3) is 0 Å². The highest BCUT2D eigenvalue weighted by molar-refractivity contribution is 5.55. The normalized spacial score (nSPS) is 26.1. The van der Waals surface area contributed by atoms with Crippen LogP contribution in [0.3, 0.4) is 0 Å². The van der Waals surface area contributed by atoms with E-state index in [2.05, 4.69) is 36.9 Å². The highest BCUT2D eigenvalue weighted by Gasteiger charge is 2.25. The molecule has 3 atom stereocenters. The van der Waals surface area contributed by atoms with E-state index in [1.807, 2.05) is 13.0 Å². The van der Waals surface area contributed by atoms with E-state index >= 15 is 0 Å². The SMILES string of the molecule is CC[C@H](O)c1ccccc1N1CCC(C)CC1C. The van der Waals surface area contributed by atoms with Crippen LogP contribution in [0.1, 0.15) is 51.7 Å². The lowest BCUT2D eigenvalue weighted by Crippen LogP contribution is -2.40. The standard InChI is InChI=1S/C16H25NO/c1-4-16(18)14-7-5-6-8-15(14)17-10-9-12(2)11-13(17)3/h5-8,12-13,16,18H,4,9-11H2,1-3H3/t12?,13?,16-/m0/s1. The highest BCUT2D eigenvalue weighted by atomic mass is 16.3. The van der Waals surface area contributed by atoms with Crippen LogP contribution in [0.4, 0.5) is 5.69 Å². The molecule has 0 bridgehead atoms. The molecule has 0 spiro atoms. The zero-order chi connectivity index (χ0) is 13.1. The molecule has 1 aliphatic heterocycles. The number of anilines is 1. The second-order valence-corrected chi connectivity index (χ2v) is 5.65. The van der Waals surface area contributed by atoms with E-state index in [9.17, 15) is 5.11 Å². The number of benzene rings is 1.